The highest BCUT2D eigenvalue weighted by Gasteiger charge is 2.42. The Balaban J connectivity index is 0.00000192. The van der Waals surface area contributed by atoms with Crippen LogP contribution in [0.3, 0.4) is 0 Å². The molecule has 2 N–H and O–H groups in total. The van der Waals surface area contributed by atoms with Crippen LogP contribution in [0.2, 0.25) is 0 Å². The van der Waals surface area contributed by atoms with Gasteiger partial charge in [0.1, 0.15) is 0 Å². The summed E-state index contributed by atoms with van der Waals surface area (Å²) >= 11 is 0. The molecule has 23 heavy (non-hydrogen) atoms. The molecule has 134 valence electrons. The van der Waals surface area contributed by atoms with Crippen LogP contribution in [0.15, 0.2) is 4.99 Å². The fourth-order valence-corrected chi connectivity index (χ4v) is 3.88. The van der Waals surface area contributed by atoms with E-state index in [9.17, 15) is 5.11 Å². The van der Waals surface area contributed by atoms with E-state index in [1.807, 2.05) is 7.05 Å². The summed E-state index contributed by atoms with van der Waals surface area (Å²) in [5, 5.41) is 13.3. The van der Waals surface area contributed by atoms with Gasteiger partial charge >= 0.3 is 0 Å². The van der Waals surface area contributed by atoms with Gasteiger partial charge in [-0.2, -0.15) is 0 Å². The standard InChI is InChI=1S/C16H29N3O3.HI/c1-17-14(18-10-15(12-20)3-7-21-8-4-15)19-6-2-16(11-19)5-9-22-13-16;/h20H,2-13H2,1H3,(H,17,18);1H. The number of nitrogens with one attached hydrogen (secondary N) is 1. The molecule has 3 fully saturated rings. The number of aliphatic hydroxyl groups excluding tert-OH is 1. The van der Waals surface area contributed by atoms with E-state index in [2.05, 4.69) is 15.2 Å². The smallest absolute Gasteiger partial charge is 0.193 e. The van der Waals surface area contributed by atoms with Gasteiger partial charge in [-0.25, -0.2) is 0 Å². The predicted octanol–water partition coefficient (Wildman–Crippen LogP) is 1.08. The van der Waals surface area contributed by atoms with Crippen molar-refractivity contribution in [2.45, 2.75) is 25.7 Å². The summed E-state index contributed by atoms with van der Waals surface area (Å²) in [5.41, 5.74) is 0.271. The third-order valence-corrected chi connectivity index (χ3v) is 5.65. The second-order valence-electron chi connectivity index (χ2n) is 7.15. The summed E-state index contributed by atoms with van der Waals surface area (Å²) in [6, 6.07) is 0. The second kappa shape index (κ2) is 8.31. The Labute approximate surface area is 156 Å². The largest absolute Gasteiger partial charge is 0.396 e. The van der Waals surface area contributed by atoms with Crippen molar-refractivity contribution in [2.75, 3.05) is 59.7 Å². The molecule has 0 bridgehead atoms. The first-order valence-corrected chi connectivity index (χ1v) is 8.43. The van der Waals surface area contributed by atoms with Gasteiger partial charge in [-0.05, 0) is 25.7 Å². The summed E-state index contributed by atoms with van der Waals surface area (Å²) in [5.74, 6) is 0.961. The number of hydrogen-bond acceptors (Lipinski definition) is 4. The highest BCUT2D eigenvalue weighted by molar-refractivity contribution is 14.0. The van der Waals surface area contributed by atoms with E-state index in [1.165, 1.54) is 12.8 Å². The van der Waals surface area contributed by atoms with Gasteiger partial charge in [-0.3, -0.25) is 4.99 Å². The van der Waals surface area contributed by atoms with Crippen molar-refractivity contribution >= 4 is 29.9 Å². The van der Waals surface area contributed by atoms with Crippen LogP contribution in [-0.4, -0.2) is 75.7 Å². The number of ether oxygens (including phenoxy) is 2. The van der Waals surface area contributed by atoms with Crippen molar-refractivity contribution in [1.82, 2.24) is 10.2 Å². The number of guanidine groups is 1. The van der Waals surface area contributed by atoms with E-state index >= 15 is 0 Å². The minimum atomic E-state index is -0.0674. The van der Waals surface area contributed by atoms with Gasteiger partial charge in [0.25, 0.3) is 0 Å². The molecule has 0 saturated carbocycles. The molecule has 3 rings (SSSR count). The Hall–Kier alpha value is -0.120. The fourth-order valence-electron chi connectivity index (χ4n) is 3.88. The normalized spacial score (nSPS) is 30.5. The molecular weight excluding hydrogens is 409 g/mol. The molecule has 0 aliphatic carbocycles. The maximum atomic E-state index is 9.79. The summed E-state index contributed by atoms with van der Waals surface area (Å²) in [6.07, 6.45) is 4.17. The third-order valence-electron chi connectivity index (χ3n) is 5.65. The molecule has 1 spiro atoms. The molecule has 0 aromatic carbocycles. The first-order valence-electron chi connectivity index (χ1n) is 8.43. The number of nitrogens with zero attached hydrogens (tertiary/aromatic N) is 2. The summed E-state index contributed by atoms with van der Waals surface area (Å²) in [7, 11) is 1.84. The highest BCUT2D eigenvalue weighted by atomic mass is 127. The van der Waals surface area contributed by atoms with Crippen LogP contribution in [0, 0.1) is 10.8 Å². The molecule has 1 atom stereocenters. The molecule has 0 amide bonds. The molecule has 0 aromatic rings. The Bertz CT molecular complexity index is 407. The Morgan fingerprint density at radius 3 is 2.52 bits per heavy atom. The zero-order valence-corrected chi connectivity index (χ0v) is 16.4. The van der Waals surface area contributed by atoms with E-state index in [4.69, 9.17) is 9.47 Å². The zero-order valence-electron chi connectivity index (χ0n) is 14.1. The summed E-state index contributed by atoms with van der Waals surface area (Å²) in [6.45, 7) is 6.31. The van der Waals surface area contributed by atoms with Crippen LogP contribution in [-0.2, 0) is 9.47 Å². The maximum absolute atomic E-state index is 9.79. The van der Waals surface area contributed by atoms with Crippen LogP contribution in [0.4, 0.5) is 0 Å². The quantitative estimate of drug-likeness (QED) is 0.392. The average molecular weight is 439 g/mol. The van der Waals surface area contributed by atoms with Gasteiger partial charge < -0.3 is 24.8 Å². The molecule has 3 aliphatic rings. The van der Waals surface area contributed by atoms with Crippen molar-refractivity contribution in [3.63, 3.8) is 0 Å². The van der Waals surface area contributed by atoms with E-state index in [-0.39, 0.29) is 36.0 Å². The monoisotopic (exact) mass is 439 g/mol. The zero-order chi connectivity index (χ0) is 15.5. The summed E-state index contributed by atoms with van der Waals surface area (Å²) < 4.78 is 11.0. The highest BCUT2D eigenvalue weighted by Crippen LogP contribution is 2.38. The van der Waals surface area contributed by atoms with Crippen molar-refractivity contribution in [2.24, 2.45) is 15.8 Å². The minimum absolute atomic E-state index is 0. The Morgan fingerprint density at radius 2 is 1.91 bits per heavy atom. The molecule has 7 heteroatoms. The number of aliphatic hydroxyl groups is 1. The van der Waals surface area contributed by atoms with E-state index < -0.39 is 0 Å². The lowest BCUT2D eigenvalue weighted by Gasteiger charge is -2.36. The van der Waals surface area contributed by atoms with Gasteiger partial charge in [0.15, 0.2) is 5.96 Å². The molecule has 0 radical (unpaired) electrons. The van der Waals surface area contributed by atoms with Crippen molar-refractivity contribution in [3.8, 4) is 0 Å². The first kappa shape index (κ1) is 19.2. The molecule has 3 heterocycles. The Morgan fingerprint density at radius 1 is 1.17 bits per heavy atom. The van der Waals surface area contributed by atoms with Crippen LogP contribution < -0.4 is 5.32 Å². The number of hydrogen-bond donors (Lipinski definition) is 2. The number of halogens is 1. The van der Waals surface area contributed by atoms with E-state index in [0.29, 0.717) is 5.41 Å². The second-order valence-corrected chi connectivity index (χ2v) is 7.15. The molecule has 3 aliphatic heterocycles. The van der Waals surface area contributed by atoms with Crippen LogP contribution in [0.5, 0.6) is 0 Å². The van der Waals surface area contributed by atoms with Gasteiger partial charge in [-0.1, -0.05) is 0 Å². The number of likely N-dealkylation sites (tertiary alicyclic amines) is 1. The van der Waals surface area contributed by atoms with Crippen LogP contribution >= 0.6 is 24.0 Å². The molecule has 0 aromatic heterocycles. The predicted molar refractivity (Wildman–Crippen MR) is 100 cm³/mol. The lowest BCUT2D eigenvalue weighted by atomic mass is 9.81. The van der Waals surface area contributed by atoms with Crippen molar-refractivity contribution in [3.05, 3.63) is 0 Å². The number of rotatable bonds is 3. The SMILES string of the molecule is CN=C(NCC1(CO)CCOCC1)N1CCC2(CCOC2)C1.I. The molecule has 1 unspecified atom stereocenters. The molecule has 3 saturated heterocycles. The van der Waals surface area contributed by atoms with Gasteiger partial charge in [0.2, 0.25) is 0 Å². The Kier molecular flexibility index (Phi) is 6.94. The average Bonchev–Trinajstić information content (AvgIpc) is 3.20. The maximum Gasteiger partial charge on any atom is 0.193 e. The lowest BCUT2D eigenvalue weighted by Crippen LogP contribution is -2.48. The van der Waals surface area contributed by atoms with Crippen LogP contribution in [0.25, 0.3) is 0 Å². The van der Waals surface area contributed by atoms with Crippen molar-refractivity contribution in [1.29, 1.82) is 0 Å². The molecular formula is C16H30IN3O3. The first-order chi connectivity index (χ1) is 10.7. The van der Waals surface area contributed by atoms with Gasteiger partial charge in [-0.15, -0.1) is 24.0 Å². The van der Waals surface area contributed by atoms with E-state index in [0.717, 1.165) is 64.9 Å². The molecule has 6 nitrogen and oxygen atoms in total. The third kappa shape index (κ3) is 4.29. The summed E-state index contributed by atoms with van der Waals surface area (Å²) in [4.78, 5) is 6.80. The van der Waals surface area contributed by atoms with E-state index in [1.54, 1.807) is 0 Å². The topological polar surface area (TPSA) is 66.3 Å². The fraction of sp³-hybridized carbons (Fsp3) is 0.938. The van der Waals surface area contributed by atoms with Gasteiger partial charge in [0, 0.05) is 57.3 Å². The van der Waals surface area contributed by atoms with Gasteiger partial charge in [0.05, 0.1) is 13.2 Å². The lowest BCUT2D eigenvalue weighted by molar-refractivity contribution is -0.0134. The van der Waals surface area contributed by atoms with Crippen LogP contribution in [0.1, 0.15) is 25.7 Å². The number of aliphatic imine (C=N–C) groups is 1. The minimum Gasteiger partial charge on any atom is -0.396 e. The van der Waals surface area contributed by atoms with Crippen molar-refractivity contribution < 1.29 is 14.6 Å².